The average molecular weight is 403 g/mol. The number of rotatable bonds is 5. The number of hydrogen-bond acceptors (Lipinski definition) is 4. The lowest BCUT2D eigenvalue weighted by Crippen LogP contribution is -2.51. The third-order valence-corrected chi connectivity index (χ3v) is 6.23. The molecule has 0 bridgehead atoms. The summed E-state index contributed by atoms with van der Waals surface area (Å²) in [5.74, 6) is 0.0618. The molecule has 1 amide bonds. The zero-order chi connectivity index (χ0) is 20.5. The normalized spacial score (nSPS) is 17.4. The van der Waals surface area contributed by atoms with Crippen LogP contribution in [0.2, 0.25) is 0 Å². The highest BCUT2D eigenvalue weighted by molar-refractivity contribution is 7.92. The molecule has 0 saturated carbocycles. The molecule has 2 aromatic rings. The van der Waals surface area contributed by atoms with E-state index in [0.717, 1.165) is 17.4 Å². The molecule has 2 atom stereocenters. The molecule has 0 fully saturated rings. The van der Waals surface area contributed by atoms with Crippen LogP contribution in [0.25, 0.3) is 0 Å². The number of carbonyl (C=O) groups excluding carboxylic acids is 1. The van der Waals surface area contributed by atoms with E-state index in [4.69, 9.17) is 4.74 Å². The first-order chi connectivity index (χ1) is 13.2. The Morgan fingerprint density at radius 2 is 1.93 bits per heavy atom. The molecule has 2 aromatic carbocycles. The van der Waals surface area contributed by atoms with Crippen LogP contribution in [-0.2, 0) is 14.8 Å². The molecular weight excluding hydrogens is 376 g/mol. The summed E-state index contributed by atoms with van der Waals surface area (Å²) < 4.78 is 31.5. The predicted octanol–water partition coefficient (Wildman–Crippen LogP) is 3.10. The number of anilines is 1. The number of aryl methyl sites for hydroxylation is 2. The number of carbonyl (C=O) groups is 1. The summed E-state index contributed by atoms with van der Waals surface area (Å²) >= 11 is 0. The minimum absolute atomic E-state index is 0.0506. The van der Waals surface area contributed by atoms with Gasteiger partial charge in [0.25, 0.3) is 5.91 Å². The van der Waals surface area contributed by atoms with Crippen molar-refractivity contribution in [2.75, 3.05) is 17.1 Å². The zero-order valence-corrected chi connectivity index (χ0v) is 17.4. The summed E-state index contributed by atoms with van der Waals surface area (Å²) in [6.07, 6.45) is 0.937. The third-order valence-electron chi connectivity index (χ3n) is 5.09. The number of benzene rings is 2. The Kier molecular flexibility index (Phi) is 5.65. The Balaban J connectivity index is 1.83. The van der Waals surface area contributed by atoms with E-state index in [2.05, 4.69) is 11.4 Å². The molecule has 3 rings (SSSR count). The number of sulfonamides is 1. The predicted molar refractivity (Wildman–Crippen MR) is 110 cm³/mol. The second-order valence-electron chi connectivity index (χ2n) is 7.18. The van der Waals surface area contributed by atoms with E-state index in [-0.39, 0.29) is 18.5 Å². The van der Waals surface area contributed by atoms with Gasteiger partial charge >= 0.3 is 0 Å². The van der Waals surface area contributed by atoms with Crippen LogP contribution in [0.5, 0.6) is 5.75 Å². The maximum Gasteiger partial charge on any atom is 0.263 e. The molecule has 0 unspecified atom stereocenters. The van der Waals surface area contributed by atoms with E-state index in [0.29, 0.717) is 17.9 Å². The minimum Gasteiger partial charge on any atom is -0.476 e. The summed E-state index contributed by atoms with van der Waals surface area (Å²) in [6, 6.07) is 12.8. The van der Waals surface area contributed by atoms with Gasteiger partial charge in [-0.25, -0.2) is 8.42 Å². The van der Waals surface area contributed by atoms with E-state index in [1.165, 1.54) is 9.87 Å². The van der Waals surface area contributed by atoms with Gasteiger partial charge in [-0.15, -0.1) is 0 Å². The second-order valence-corrected chi connectivity index (χ2v) is 9.09. The van der Waals surface area contributed by atoms with Crippen LogP contribution < -0.4 is 14.4 Å². The number of para-hydroxylation sites is 2. The topological polar surface area (TPSA) is 75.7 Å². The Bertz CT molecular complexity index is 988. The lowest BCUT2D eigenvalue weighted by atomic mass is 9.99. The van der Waals surface area contributed by atoms with Crippen molar-refractivity contribution in [3.05, 3.63) is 59.2 Å². The molecular formula is C21H26N2O4S. The maximum absolute atomic E-state index is 12.9. The van der Waals surface area contributed by atoms with E-state index >= 15 is 0 Å². The third kappa shape index (κ3) is 4.14. The van der Waals surface area contributed by atoms with Crippen molar-refractivity contribution in [2.45, 2.75) is 39.3 Å². The van der Waals surface area contributed by atoms with E-state index in [1.54, 1.807) is 24.3 Å². The number of hydrogen-bond donors (Lipinski definition) is 1. The highest BCUT2D eigenvalue weighted by Crippen LogP contribution is 2.34. The summed E-state index contributed by atoms with van der Waals surface area (Å²) in [5.41, 5.74) is 3.84. The monoisotopic (exact) mass is 402 g/mol. The summed E-state index contributed by atoms with van der Waals surface area (Å²) in [4.78, 5) is 12.9. The van der Waals surface area contributed by atoms with Crippen LogP contribution >= 0.6 is 0 Å². The van der Waals surface area contributed by atoms with Crippen molar-refractivity contribution in [3.8, 4) is 5.75 Å². The van der Waals surface area contributed by atoms with Crippen molar-refractivity contribution in [2.24, 2.45) is 0 Å². The standard InChI is InChI=1S/C21H26N2O4S/c1-5-17(16-11-10-14(2)15(3)12-16)22-21(24)20-13-23(28(4,25)26)18-8-6-7-9-19(18)27-20/h6-12,17,20H,5,13H2,1-4H3,(H,22,24)/t17-,20+/m1/s1. The van der Waals surface area contributed by atoms with Gasteiger partial charge in [-0.1, -0.05) is 37.3 Å². The van der Waals surface area contributed by atoms with Crippen LogP contribution in [0.1, 0.15) is 36.1 Å². The molecule has 0 spiro atoms. The molecule has 1 heterocycles. The van der Waals surface area contributed by atoms with Gasteiger partial charge in [-0.2, -0.15) is 0 Å². The van der Waals surface area contributed by atoms with Crippen molar-refractivity contribution < 1.29 is 17.9 Å². The highest BCUT2D eigenvalue weighted by Gasteiger charge is 2.35. The molecule has 1 aliphatic heterocycles. The number of nitrogens with zero attached hydrogens (tertiary/aromatic N) is 1. The van der Waals surface area contributed by atoms with Gasteiger partial charge in [0.05, 0.1) is 24.5 Å². The quantitative estimate of drug-likeness (QED) is 0.834. The van der Waals surface area contributed by atoms with Gasteiger partial charge in [-0.05, 0) is 49.1 Å². The SMILES string of the molecule is CC[C@@H](NC(=O)[C@@H]1CN(S(C)(=O)=O)c2ccccc2O1)c1ccc(C)c(C)c1. The molecule has 0 aliphatic carbocycles. The van der Waals surface area contributed by atoms with Crippen LogP contribution in [0, 0.1) is 13.8 Å². The van der Waals surface area contributed by atoms with Gasteiger partial charge in [0.2, 0.25) is 10.0 Å². The lowest BCUT2D eigenvalue weighted by molar-refractivity contribution is -0.128. The van der Waals surface area contributed by atoms with Gasteiger partial charge in [-0.3, -0.25) is 9.10 Å². The van der Waals surface area contributed by atoms with Crippen LogP contribution in [0.15, 0.2) is 42.5 Å². The molecule has 1 aliphatic rings. The first kappa shape index (κ1) is 20.2. The largest absolute Gasteiger partial charge is 0.476 e. The molecule has 0 aromatic heterocycles. The molecule has 28 heavy (non-hydrogen) atoms. The summed E-state index contributed by atoms with van der Waals surface area (Å²) in [7, 11) is -3.53. The van der Waals surface area contributed by atoms with Crippen LogP contribution in [-0.4, -0.2) is 33.2 Å². The Labute approximate surface area is 166 Å². The average Bonchev–Trinajstić information content (AvgIpc) is 2.66. The van der Waals surface area contributed by atoms with Crippen molar-refractivity contribution in [3.63, 3.8) is 0 Å². The number of fused-ring (bicyclic) bond motifs is 1. The van der Waals surface area contributed by atoms with E-state index < -0.39 is 16.1 Å². The zero-order valence-electron chi connectivity index (χ0n) is 16.6. The van der Waals surface area contributed by atoms with Crippen molar-refractivity contribution in [1.82, 2.24) is 5.32 Å². The number of ether oxygens (including phenoxy) is 1. The minimum atomic E-state index is -3.53. The molecule has 7 heteroatoms. The first-order valence-corrected chi connectivity index (χ1v) is 11.2. The summed E-state index contributed by atoms with van der Waals surface area (Å²) in [6.45, 7) is 6.04. The van der Waals surface area contributed by atoms with E-state index in [9.17, 15) is 13.2 Å². The van der Waals surface area contributed by atoms with Crippen molar-refractivity contribution in [1.29, 1.82) is 0 Å². The number of nitrogens with one attached hydrogen (secondary N) is 1. The molecule has 150 valence electrons. The van der Waals surface area contributed by atoms with Crippen LogP contribution in [0.4, 0.5) is 5.69 Å². The van der Waals surface area contributed by atoms with Crippen LogP contribution in [0.3, 0.4) is 0 Å². The van der Waals surface area contributed by atoms with Gasteiger partial charge < -0.3 is 10.1 Å². The fraction of sp³-hybridized carbons (Fsp3) is 0.381. The summed E-state index contributed by atoms with van der Waals surface area (Å²) in [5, 5.41) is 3.02. The Morgan fingerprint density at radius 3 is 2.57 bits per heavy atom. The smallest absolute Gasteiger partial charge is 0.263 e. The lowest BCUT2D eigenvalue weighted by Gasteiger charge is -2.34. The van der Waals surface area contributed by atoms with Crippen molar-refractivity contribution >= 4 is 21.6 Å². The highest BCUT2D eigenvalue weighted by atomic mass is 32.2. The fourth-order valence-corrected chi connectivity index (χ4v) is 4.23. The molecule has 6 nitrogen and oxygen atoms in total. The van der Waals surface area contributed by atoms with Gasteiger partial charge in [0, 0.05) is 0 Å². The first-order valence-electron chi connectivity index (χ1n) is 9.31. The fourth-order valence-electron chi connectivity index (χ4n) is 3.32. The Morgan fingerprint density at radius 1 is 1.21 bits per heavy atom. The van der Waals surface area contributed by atoms with E-state index in [1.807, 2.05) is 32.9 Å². The molecule has 0 saturated heterocycles. The maximum atomic E-state index is 12.9. The van der Waals surface area contributed by atoms with Gasteiger partial charge in [0.15, 0.2) is 6.10 Å². The Hall–Kier alpha value is -2.54. The second kappa shape index (κ2) is 7.83. The van der Waals surface area contributed by atoms with Gasteiger partial charge in [0.1, 0.15) is 5.75 Å². The molecule has 0 radical (unpaired) electrons. The number of amides is 1. The molecule has 1 N–H and O–H groups in total.